The highest BCUT2D eigenvalue weighted by molar-refractivity contribution is 5.81. The highest BCUT2D eigenvalue weighted by atomic mass is 16.5. The van der Waals surface area contributed by atoms with Crippen molar-refractivity contribution in [2.24, 2.45) is 10.8 Å². The molecule has 2 aromatic rings. The molecule has 0 aliphatic carbocycles. The van der Waals surface area contributed by atoms with Crippen molar-refractivity contribution in [3.8, 4) is 5.75 Å². The third-order valence-electron chi connectivity index (χ3n) is 3.59. The Morgan fingerprint density at radius 3 is 2.56 bits per heavy atom. The number of azide groups is 1. The fourth-order valence-corrected chi connectivity index (χ4v) is 2.32. The highest BCUT2D eigenvalue weighted by Gasteiger charge is 2.16. The first-order valence-electron chi connectivity index (χ1n) is 8.01. The Hall–Kier alpha value is -3.02. The quantitative estimate of drug-likeness (QED) is 0.300. The van der Waals surface area contributed by atoms with Gasteiger partial charge in [0, 0.05) is 11.5 Å². The van der Waals surface area contributed by atoms with Gasteiger partial charge in [0.05, 0.1) is 0 Å². The second kappa shape index (κ2) is 9.97. The van der Waals surface area contributed by atoms with E-state index in [1.807, 2.05) is 54.6 Å². The topological polar surface area (TPSA) is 113 Å². The van der Waals surface area contributed by atoms with Gasteiger partial charge in [-0.1, -0.05) is 47.6 Å². The molecule has 130 valence electrons. The zero-order valence-corrected chi connectivity index (χ0v) is 13.8. The number of nitrogens with zero attached hydrogens (tertiary/aromatic N) is 3. The van der Waals surface area contributed by atoms with Crippen LogP contribution in [0, 0.1) is 0 Å². The SMILES string of the molecule is [N-]=[N+]=NCCCNC(C(N)=O)c1ccc(OCc2ccccc2)cc1. The first kappa shape index (κ1) is 18.3. The lowest BCUT2D eigenvalue weighted by atomic mass is 10.1. The molecule has 0 bridgehead atoms. The number of nitrogens with two attached hydrogens (primary N) is 1. The van der Waals surface area contributed by atoms with Crippen molar-refractivity contribution < 1.29 is 9.53 Å². The average molecular weight is 339 g/mol. The predicted octanol–water partition coefficient (Wildman–Crippen LogP) is 3.08. The van der Waals surface area contributed by atoms with Gasteiger partial charge in [-0.25, -0.2) is 0 Å². The van der Waals surface area contributed by atoms with Crippen LogP contribution in [0.3, 0.4) is 0 Å². The van der Waals surface area contributed by atoms with E-state index in [1.165, 1.54) is 0 Å². The summed E-state index contributed by atoms with van der Waals surface area (Å²) >= 11 is 0. The van der Waals surface area contributed by atoms with Gasteiger partial charge < -0.3 is 15.8 Å². The number of benzene rings is 2. The molecule has 7 nitrogen and oxygen atoms in total. The van der Waals surface area contributed by atoms with E-state index in [1.54, 1.807) is 0 Å². The molecule has 3 N–H and O–H groups in total. The number of carbonyl (C=O) groups excluding carboxylic acids is 1. The summed E-state index contributed by atoms with van der Waals surface area (Å²) in [6.45, 7) is 1.39. The minimum atomic E-state index is -0.589. The van der Waals surface area contributed by atoms with Crippen LogP contribution in [-0.2, 0) is 11.4 Å². The van der Waals surface area contributed by atoms with E-state index in [9.17, 15) is 4.79 Å². The van der Waals surface area contributed by atoms with Crippen LogP contribution in [0.5, 0.6) is 5.75 Å². The summed E-state index contributed by atoms with van der Waals surface area (Å²) in [6, 6.07) is 16.6. The van der Waals surface area contributed by atoms with E-state index in [4.69, 9.17) is 16.0 Å². The Morgan fingerprint density at radius 1 is 1.20 bits per heavy atom. The summed E-state index contributed by atoms with van der Waals surface area (Å²) < 4.78 is 5.73. The maximum atomic E-state index is 11.7. The highest BCUT2D eigenvalue weighted by Crippen LogP contribution is 2.19. The standard InChI is InChI=1S/C18H21N5O2/c19-18(24)17(21-11-4-12-22-23-20)15-7-9-16(10-8-15)25-13-14-5-2-1-3-6-14/h1-3,5-10,17,21H,4,11-13H2,(H2,19,24). The number of carbonyl (C=O) groups is 1. The third-order valence-corrected chi connectivity index (χ3v) is 3.59. The van der Waals surface area contributed by atoms with E-state index >= 15 is 0 Å². The summed E-state index contributed by atoms with van der Waals surface area (Å²) in [5, 5.41) is 6.52. The lowest BCUT2D eigenvalue weighted by Gasteiger charge is -2.16. The number of ether oxygens (including phenoxy) is 1. The van der Waals surface area contributed by atoms with E-state index in [0.29, 0.717) is 26.1 Å². The van der Waals surface area contributed by atoms with Crippen LogP contribution in [0.2, 0.25) is 0 Å². The summed E-state index contributed by atoms with van der Waals surface area (Å²) in [5.74, 6) is 0.265. The Labute approximate surface area is 146 Å². The number of hydrogen-bond donors (Lipinski definition) is 2. The summed E-state index contributed by atoms with van der Waals surface area (Å²) in [5.41, 5.74) is 15.6. The molecule has 7 heteroatoms. The monoisotopic (exact) mass is 339 g/mol. The molecule has 1 amide bonds. The van der Waals surface area contributed by atoms with Gasteiger partial charge >= 0.3 is 0 Å². The Balaban J connectivity index is 1.91. The molecule has 1 atom stereocenters. The molecule has 25 heavy (non-hydrogen) atoms. The first-order chi connectivity index (χ1) is 12.2. The van der Waals surface area contributed by atoms with Gasteiger partial charge in [-0.3, -0.25) is 4.79 Å². The molecule has 0 heterocycles. The van der Waals surface area contributed by atoms with Crippen LogP contribution >= 0.6 is 0 Å². The van der Waals surface area contributed by atoms with Crippen molar-refractivity contribution in [1.29, 1.82) is 0 Å². The van der Waals surface area contributed by atoms with Crippen molar-refractivity contribution in [2.45, 2.75) is 19.1 Å². The molecule has 0 saturated heterocycles. The van der Waals surface area contributed by atoms with Gasteiger partial charge in [-0.05, 0) is 41.8 Å². The van der Waals surface area contributed by atoms with Gasteiger partial charge in [0.2, 0.25) is 5.91 Å². The molecular weight excluding hydrogens is 318 g/mol. The number of hydrogen-bond acceptors (Lipinski definition) is 4. The van der Waals surface area contributed by atoms with E-state index in [0.717, 1.165) is 16.9 Å². The molecule has 0 spiro atoms. The number of rotatable bonds is 10. The second-order valence-corrected chi connectivity index (χ2v) is 5.44. The number of amides is 1. The molecule has 0 aromatic heterocycles. The smallest absolute Gasteiger partial charge is 0.239 e. The number of primary amides is 1. The van der Waals surface area contributed by atoms with Crippen LogP contribution in [0.15, 0.2) is 59.7 Å². The largest absolute Gasteiger partial charge is 0.489 e. The Morgan fingerprint density at radius 2 is 1.92 bits per heavy atom. The predicted molar refractivity (Wildman–Crippen MR) is 95.8 cm³/mol. The van der Waals surface area contributed by atoms with Crippen LogP contribution in [0.1, 0.15) is 23.6 Å². The minimum absolute atomic E-state index is 0.376. The van der Waals surface area contributed by atoms with Gasteiger partial charge in [0.1, 0.15) is 18.4 Å². The molecule has 1 unspecified atom stereocenters. The number of nitrogens with one attached hydrogen (secondary N) is 1. The van der Waals surface area contributed by atoms with Crippen molar-refractivity contribution >= 4 is 5.91 Å². The molecule has 0 fully saturated rings. The minimum Gasteiger partial charge on any atom is -0.489 e. The molecule has 2 aromatic carbocycles. The second-order valence-electron chi connectivity index (χ2n) is 5.44. The average Bonchev–Trinajstić information content (AvgIpc) is 2.64. The maximum absolute atomic E-state index is 11.7. The van der Waals surface area contributed by atoms with Crippen LogP contribution in [0.4, 0.5) is 0 Å². The van der Waals surface area contributed by atoms with Crippen molar-refractivity contribution in [3.63, 3.8) is 0 Å². The van der Waals surface area contributed by atoms with E-state index in [-0.39, 0.29) is 0 Å². The summed E-state index contributed by atoms with van der Waals surface area (Å²) in [4.78, 5) is 14.3. The zero-order chi connectivity index (χ0) is 17.9. The van der Waals surface area contributed by atoms with Crippen molar-refractivity contribution in [2.75, 3.05) is 13.1 Å². The van der Waals surface area contributed by atoms with Gasteiger partial charge in [0.15, 0.2) is 0 Å². The summed E-state index contributed by atoms with van der Waals surface area (Å²) in [7, 11) is 0. The molecule has 2 rings (SSSR count). The van der Waals surface area contributed by atoms with E-state index in [2.05, 4.69) is 15.3 Å². The molecule has 0 aliphatic heterocycles. The third kappa shape index (κ3) is 6.18. The maximum Gasteiger partial charge on any atom is 0.239 e. The Bertz CT molecular complexity index is 712. The normalized spacial score (nSPS) is 11.4. The van der Waals surface area contributed by atoms with E-state index < -0.39 is 11.9 Å². The van der Waals surface area contributed by atoms with Crippen LogP contribution in [0.25, 0.3) is 10.4 Å². The first-order valence-corrected chi connectivity index (χ1v) is 8.01. The summed E-state index contributed by atoms with van der Waals surface area (Å²) in [6.07, 6.45) is 0.631. The fourth-order valence-electron chi connectivity index (χ4n) is 2.32. The fraction of sp³-hybridized carbons (Fsp3) is 0.278. The molecule has 0 radical (unpaired) electrons. The van der Waals surface area contributed by atoms with Gasteiger partial charge in [-0.15, -0.1) is 0 Å². The van der Waals surface area contributed by atoms with Gasteiger partial charge in [0.25, 0.3) is 0 Å². The van der Waals surface area contributed by atoms with Gasteiger partial charge in [-0.2, -0.15) is 0 Å². The lowest BCUT2D eigenvalue weighted by Crippen LogP contribution is -2.34. The van der Waals surface area contributed by atoms with Crippen LogP contribution in [-0.4, -0.2) is 19.0 Å². The van der Waals surface area contributed by atoms with Crippen molar-refractivity contribution in [1.82, 2.24) is 5.32 Å². The van der Waals surface area contributed by atoms with Crippen molar-refractivity contribution in [3.05, 3.63) is 76.2 Å². The Kier molecular flexibility index (Phi) is 7.31. The molecule has 0 aliphatic rings. The molecule has 0 saturated carbocycles. The molecular formula is C18H21N5O2. The zero-order valence-electron chi connectivity index (χ0n) is 13.8. The lowest BCUT2D eigenvalue weighted by molar-refractivity contribution is -0.120. The van der Waals surface area contributed by atoms with Crippen LogP contribution < -0.4 is 15.8 Å².